The van der Waals surface area contributed by atoms with Crippen LogP contribution in [0, 0.1) is 5.92 Å². The third kappa shape index (κ3) is 14.7. The lowest BCUT2D eigenvalue weighted by Crippen LogP contribution is -2.34. The number of amides is 1. The van der Waals surface area contributed by atoms with Crippen LogP contribution in [0.1, 0.15) is 131 Å². The van der Waals surface area contributed by atoms with Crippen molar-refractivity contribution in [3.05, 3.63) is 65.0 Å². The number of fused-ring (bicyclic) bond motifs is 1. The second-order valence-corrected chi connectivity index (χ2v) is 13.1. The zero-order chi connectivity index (χ0) is 36.2. The number of benzene rings is 1. The van der Waals surface area contributed by atoms with Crippen LogP contribution in [0.2, 0.25) is 0 Å². The minimum absolute atomic E-state index is 0. The largest absolute Gasteiger partial charge is 0.388 e. The van der Waals surface area contributed by atoms with Crippen LogP contribution in [0.15, 0.2) is 58.9 Å². The Balaban J connectivity index is 0.000000916. The summed E-state index contributed by atoms with van der Waals surface area (Å²) in [6.45, 7) is 26.6. The molecule has 0 N–H and O–H groups in total. The van der Waals surface area contributed by atoms with E-state index in [0.29, 0.717) is 18.4 Å². The molecule has 0 unspecified atom stereocenters. The zero-order valence-corrected chi connectivity index (χ0v) is 32.2. The first-order valence-electron chi connectivity index (χ1n) is 18.2. The Morgan fingerprint density at radius 2 is 1.63 bits per heavy atom. The molecule has 2 atom stereocenters. The van der Waals surface area contributed by atoms with Gasteiger partial charge in [-0.2, -0.15) is 0 Å². The summed E-state index contributed by atoms with van der Waals surface area (Å²) < 4.78 is 4.25. The van der Waals surface area contributed by atoms with Gasteiger partial charge in [-0.15, -0.1) is 0 Å². The monoisotopic (exact) mass is 679 g/mol. The van der Waals surface area contributed by atoms with Gasteiger partial charge < -0.3 is 14.5 Å². The van der Waals surface area contributed by atoms with Gasteiger partial charge in [0.15, 0.2) is 0 Å². The summed E-state index contributed by atoms with van der Waals surface area (Å²) in [5, 5.41) is 1.14. The predicted octanol–water partition coefficient (Wildman–Crippen LogP) is 10.1. The fourth-order valence-corrected chi connectivity index (χ4v) is 6.17. The maximum Gasteiger partial charge on any atom is 0.256 e. The highest BCUT2D eigenvalue weighted by Gasteiger charge is 2.27. The van der Waals surface area contributed by atoms with Crippen LogP contribution < -0.4 is 0 Å². The summed E-state index contributed by atoms with van der Waals surface area (Å²) in [5.41, 5.74) is 6.78. The number of para-hydroxylation sites is 1. The molecule has 276 valence electrons. The van der Waals surface area contributed by atoms with Crippen molar-refractivity contribution in [1.82, 2.24) is 14.8 Å². The normalized spacial score (nSPS) is 17.5. The molecule has 4 heterocycles. The number of allylic oxidation sites excluding steroid dienone is 3. The van der Waals surface area contributed by atoms with Crippen molar-refractivity contribution in [2.45, 2.75) is 127 Å². The van der Waals surface area contributed by atoms with E-state index in [1.165, 1.54) is 44.3 Å². The molecule has 3 aliphatic heterocycles. The quantitative estimate of drug-likeness (QED) is 0.291. The summed E-state index contributed by atoms with van der Waals surface area (Å²) in [6, 6.07) is 8.58. The Labute approximate surface area is 300 Å². The van der Waals surface area contributed by atoms with E-state index in [2.05, 4.69) is 66.0 Å². The molecule has 0 radical (unpaired) electrons. The lowest BCUT2D eigenvalue weighted by atomic mass is 9.95. The van der Waals surface area contributed by atoms with Crippen LogP contribution in [0.25, 0.3) is 10.9 Å². The molecule has 1 aromatic carbocycles. The maximum absolute atomic E-state index is 13.1. The van der Waals surface area contributed by atoms with Gasteiger partial charge in [0.2, 0.25) is 0 Å². The lowest BCUT2D eigenvalue weighted by molar-refractivity contribution is -0.115. The van der Waals surface area contributed by atoms with E-state index in [1.54, 1.807) is 21.1 Å². The van der Waals surface area contributed by atoms with Gasteiger partial charge in [0.05, 0.1) is 16.8 Å². The molecule has 7 heteroatoms. The van der Waals surface area contributed by atoms with Gasteiger partial charge in [0, 0.05) is 57.1 Å². The van der Waals surface area contributed by atoms with Crippen molar-refractivity contribution in [2.24, 2.45) is 10.9 Å². The molecule has 1 amide bonds. The van der Waals surface area contributed by atoms with Gasteiger partial charge in [0.25, 0.3) is 5.91 Å². The van der Waals surface area contributed by atoms with Crippen molar-refractivity contribution in [1.29, 1.82) is 0 Å². The van der Waals surface area contributed by atoms with Crippen molar-refractivity contribution in [3.8, 4) is 0 Å². The molecule has 3 aliphatic rings. The second-order valence-electron chi connectivity index (χ2n) is 13.1. The van der Waals surface area contributed by atoms with Gasteiger partial charge in [-0.05, 0) is 108 Å². The van der Waals surface area contributed by atoms with E-state index >= 15 is 0 Å². The zero-order valence-electron chi connectivity index (χ0n) is 32.2. The van der Waals surface area contributed by atoms with E-state index in [0.717, 1.165) is 71.4 Å². The molecule has 0 spiro atoms. The van der Waals surface area contributed by atoms with Crippen molar-refractivity contribution < 1.29 is 14.3 Å². The number of likely N-dealkylation sites (tertiary alicyclic amines) is 2. The van der Waals surface area contributed by atoms with Crippen LogP contribution in [0.3, 0.4) is 0 Å². The number of carbonyl (C=O) groups is 2. The number of piperidine rings is 1. The van der Waals surface area contributed by atoms with Gasteiger partial charge in [-0.3, -0.25) is 19.6 Å². The average molecular weight is 679 g/mol. The Morgan fingerprint density at radius 3 is 2.14 bits per heavy atom. The van der Waals surface area contributed by atoms with Gasteiger partial charge >= 0.3 is 0 Å². The maximum atomic E-state index is 13.1. The smallest absolute Gasteiger partial charge is 0.256 e. The minimum Gasteiger partial charge on any atom is -0.388 e. The molecule has 49 heavy (non-hydrogen) atoms. The van der Waals surface area contributed by atoms with Crippen molar-refractivity contribution in [3.63, 3.8) is 0 Å². The highest BCUT2D eigenvalue weighted by atomic mass is 16.4. The molecular weight excluding hydrogens is 608 g/mol. The van der Waals surface area contributed by atoms with Gasteiger partial charge in [-0.1, -0.05) is 73.6 Å². The third-order valence-corrected chi connectivity index (χ3v) is 8.56. The number of aliphatic imine (C=N–C) groups is 1. The molecule has 7 nitrogen and oxygen atoms in total. The fraction of sp³-hybridized carbons (Fsp3) is 0.619. The predicted molar refractivity (Wildman–Crippen MR) is 212 cm³/mol. The molecule has 2 saturated heterocycles. The number of aromatic nitrogens is 1. The molecule has 2 aromatic rings. The Bertz CT molecular complexity index is 1350. The number of ketones is 1. The van der Waals surface area contributed by atoms with Crippen LogP contribution in [0.4, 0.5) is 0 Å². The Kier molecular flexibility index (Phi) is 23.3. The number of carbonyl (C=O) groups excluding carboxylic acids is 2. The second kappa shape index (κ2) is 24.9. The lowest BCUT2D eigenvalue weighted by Gasteiger charge is -2.29. The summed E-state index contributed by atoms with van der Waals surface area (Å²) in [7, 11) is 3.25. The number of rotatable bonds is 7. The number of nitrogens with zero attached hydrogens (tertiary/aromatic N) is 4. The Morgan fingerprint density at radius 1 is 1.02 bits per heavy atom. The van der Waals surface area contributed by atoms with E-state index in [9.17, 15) is 9.59 Å². The summed E-state index contributed by atoms with van der Waals surface area (Å²) in [6.07, 6.45) is 10.8. The molecule has 2 fully saturated rings. The molecule has 1 aromatic heterocycles. The molecule has 0 bridgehead atoms. The summed E-state index contributed by atoms with van der Waals surface area (Å²) in [4.78, 5) is 37.5. The number of hydrogen-bond donors (Lipinski definition) is 0. The first kappa shape index (κ1) is 45.8. The molecule has 0 aliphatic carbocycles. The summed E-state index contributed by atoms with van der Waals surface area (Å²) in [5.74, 6) is 0.876. The summed E-state index contributed by atoms with van der Waals surface area (Å²) >= 11 is 0. The SMILES string of the molecule is C.C=C1C(CC(C)=O)=NC(C)=C1C.CC.CCC.COC.C[C@H](Cc1ccnc2c(C(=O)N3CCC[C@@H]3C)cccc12)CN1CCCCC1. The standard InChI is InChI=1S/C24H33N3O.C10H13NO.C3H8.C2H6O.C2H6.CH4/c1-18(17-26-13-4-3-5-14-26)16-20-11-12-25-23-21(20)9-6-10-22(23)24(28)27-15-7-8-19(27)2;1-6(12)5-10-8(3)7(2)9(4)11-10;2*1-3-2;1-2;/h6,9-12,18-19H,3-5,7-8,13-17H2,1-2H3;3,5H2,1-2,4H3;3H2,1-2H3;1-2H3;1-2H3;1H4/t18-,19+;;;;;/m1...../s1. The highest BCUT2D eigenvalue weighted by Crippen LogP contribution is 2.27. The first-order chi connectivity index (χ1) is 23.0. The van der Waals surface area contributed by atoms with Crippen molar-refractivity contribution in [2.75, 3.05) is 40.4 Å². The van der Waals surface area contributed by atoms with Gasteiger partial charge in [-0.25, -0.2) is 0 Å². The van der Waals surface area contributed by atoms with Crippen LogP contribution >= 0.6 is 0 Å². The van der Waals surface area contributed by atoms with Crippen molar-refractivity contribution >= 4 is 28.3 Å². The Hall–Kier alpha value is -3.16. The van der Waals surface area contributed by atoms with Gasteiger partial charge in [0.1, 0.15) is 5.78 Å². The van der Waals surface area contributed by atoms with Crippen LogP contribution in [-0.2, 0) is 16.0 Å². The highest BCUT2D eigenvalue weighted by molar-refractivity contribution is 6.14. The van der Waals surface area contributed by atoms with Crippen LogP contribution in [-0.4, -0.2) is 78.6 Å². The van der Waals surface area contributed by atoms with Crippen LogP contribution in [0.5, 0.6) is 0 Å². The number of methoxy groups -OCH3 is 1. The number of ether oxygens (including phenoxy) is 1. The fourth-order valence-electron chi connectivity index (χ4n) is 6.17. The average Bonchev–Trinajstić information content (AvgIpc) is 3.60. The van der Waals surface area contributed by atoms with E-state index in [1.807, 2.05) is 50.9 Å². The third-order valence-electron chi connectivity index (χ3n) is 8.56. The molecule has 0 saturated carbocycles. The minimum atomic E-state index is 0. The number of hydrogen-bond acceptors (Lipinski definition) is 6. The van der Waals surface area contributed by atoms with E-state index in [4.69, 9.17) is 0 Å². The molecule has 5 rings (SSSR count). The number of pyridine rings is 1. The first-order valence-corrected chi connectivity index (χ1v) is 18.2. The molecular formula is C42H70N4O3. The van der Waals surface area contributed by atoms with E-state index in [-0.39, 0.29) is 19.1 Å². The van der Waals surface area contributed by atoms with E-state index < -0.39 is 0 Å². The number of Topliss-reactive ketones (excluding diaryl/α,β-unsaturated/α-hetero) is 1. The topological polar surface area (TPSA) is 75.1 Å².